The van der Waals surface area contributed by atoms with Crippen LogP contribution in [-0.2, 0) is 11.3 Å². The van der Waals surface area contributed by atoms with Crippen molar-refractivity contribution < 1.29 is 9.63 Å². The molecule has 0 bridgehead atoms. The van der Waals surface area contributed by atoms with E-state index in [0.29, 0.717) is 17.3 Å². The van der Waals surface area contributed by atoms with E-state index in [1.807, 2.05) is 38.1 Å². The molecular weight excluding hydrogens is 286 g/mol. The highest BCUT2D eigenvalue weighted by Gasteiger charge is 2.11. The van der Waals surface area contributed by atoms with Crippen LogP contribution < -0.4 is 11.2 Å². The van der Waals surface area contributed by atoms with Crippen molar-refractivity contribution in [2.45, 2.75) is 26.7 Å². The van der Waals surface area contributed by atoms with Gasteiger partial charge in [0.05, 0.1) is 12.3 Å². The highest BCUT2D eigenvalue weighted by Crippen LogP contribution is 2.24. The maximum Gasteiger partial charge on any atom is 0.257 e. The lowest BCUT2D eigenvalue weighted by Crippen LogP contribution is -2.11. The molecule has 0 aliphatic carbocycles. The van der Waals surface area contributed by atoms with Crippen LogP contribution in [0.3, 0.4) is 0 Å². The summed E-state index contributed by atoms with van der Waals surface area (Å²) >= 11 is 1.50. The predicted octanol–water partition coefficient (Wildman–Crippen LogP) is 2.84. The Kier molecular flexibility index (Phi) is 5.44. The molecule has 1 amide bonds. The minimum absolute atomic E-state index is 0.138. The summed E-state index contributed by atoms with van der Waals surface area (Å²) in [7, 11) is 0. The molecule has 0 saturated carbocycles. The van der Waals surface area contributed by atoms with Crippen molar-refractivity contribution >= 4 is 22.4 Å². The summed E-state index contributed by atoms with van der Waals surface area (Å²) in [6, 6.07) is 7.45. The number of amides is 1. The Morgan fingerprint density at radius 2 is 2.05 bits per heavy atom. The van der Waals surface area contributed by atoms with E-state index in [-0.39, 0.29) is 5.91 Å². The summed E-state index contributed by atoms with van der Waals surface area (Å²) < 4.78 is 0. The van der Waals surface area contributed by atoms with Crippen molar-refractivity contribution in [3.8, 4) is 0 Å². The van der Waals surface area contributed by atoms with Crippen LogP contribution in [0.1, 0.15) is 32.9 Å². The molecule has 0 spiro atoms. The van der Waals surface area contributed by atoms with Crippen molar-refractivity contribution in [3.05, 3.63) is 46.0 Å². The van der Waals surface area contributed by atoms with Crippen LogP contribution in [0.4, 0.5) is 5.13 Å². The number of thiazole rings is 1. The number of hydrogen-bond acceptors (Lipinski definition) is 5. The first-order valence-electron chi connectivity index (χ1n) is 6.76. The molecule has 5 nitrogen and oxygen atoms in total. The van der Waals surface area contributed by atoms with Gasteiger partial charge in [-0.3, -0.25) is 10.1 Å². The third-order valence-corrected chi connectivity index (χ3v) is 4.23. The molecule has 0 saturated heterocycles. The van der Waals surface area contributed by atoms with Crippen LogP contribution in [0, 0.1) is 13.8 Å². The molecule has 0 atom stereocenters. The topological polar surface area (TPSA) is 77.2 Å². The number of anilines is 1. The van der Waals surface area contributed by atoms with Crippen molar-refractivity contribution in [2.75, 3.05) is 11.9 Å². The second-order valence-electron chi connectivity index (χ2n) is 4.82. The summed E-state index contributed by atoms with van der Waals surface area (Å²) in [6.45, 7) is 4.45. The molecule has 21 heavy (non-hydrogen) atoms. The standard InChI is InChI=1S/C15H19N3O2S/c1-10-5-7-12(8-6-10)14(19)18-15-17-11(2)13(21-15)4-3-9-20-16/h5-8H,3-4,9,16H2,1-2H3,(H,17,18,19). The predicted molar refractivity (Wildman–Crippen MR) is 84.4 cm³/mol. The first-order chi connectivity index (χ1) is 10.1. The summed E-state index contributed by atoms with van der Waals surface area (Å²) in [6.07, 6.45) is 1.69. The zero-order chi connectivity index (χ0) is 15.2. The van der Waals surface area contributed by atoms with Gasteiger partial charge in [0, 0.05) is 10.4 Å². The van der Waals surface area contributed by atoms with Crippen molar-refractivity contribution in [1.82, 2.24) is 4.98 Å². The molecule has 2 aromatic rings. The molecule has 1 aromatic heterocycles. The highest BCUT2D eigenvalue weighted by atomic mass is 32.1. The normalized spacial score (nSPS) is 10.6. The molecule has 0 aliphatic rings. The molecule has 1 aromatic carbocycles. The SMILES string of the molecule is Cc1ccc(C(=O)Nc2nc(C)c(CCCON)s2)cc1. The molecule has 0 unspecified atom stereocenters. The largest absolute Gasteiger partial charge is 0.305 e. The molecule has 112 valence electrons. The first-order valence-corrected chi connectivity index (χ1v) is 7.58. The average Bonchev–Trinajstić information content (AvgIpc) is 2.80. The van der Waals surface area contributed by atoms with E-state index in [0.717, 1.165) is 29.0 Å². The van der Waals surface area contributed by atoms with Gasteiger partial charge in [0.2, 0.25) is 0 Å². The van der Waals surface area contributed by atoms with Gasteiger partial charge < -0.3 is 4.84 Å². The van der Waals surface area contributed by atoms with E-state index in [1.54, 1.807) is 0 Å². The number of hydrogen-bond donors (Lipinski definition) is 2. The van der Waals surface area contributed by atoms with Crippen molar-refractivity contribution in [2.24, 2.45) is 5.90 Å². The summed E-state index contributed by atoms with van der Waals surface area (Å²) in [5, 5.41) is 3.47. The minimum Gasteiger partial charge on any atom is -0.305 e. The average molecular weight is 305 g/mol. The van der Waals surface area contributed by atoms with Gasteiger partial charge in [-0.1, -0.05) is 17.7 Å². The van der Waals surface area contributed by atoms with Gasteiger partial charge in [-0.25, -0.2) is 10.9 Å². The van der Waals surface area contributed by atoms with E-state index >= 15 is 0 Å². The zero-order valence-corrected chi connectivity index (χ0v) is 13.0. The fourth-order valence-corrected chi connectivity index (χ4v) is 2.90. The van der Waals surface area contributed by atoms with Crippen LogP contribution in [0.5, 0.6) is 0 Å². The first kappa shape index (κ1) is 15.6. The smallest absolute Gasteiger partial charge is 0.257 e. The third kappa shape index (κ3) is 4.35. The fourth-order valence-electron chi connectivity index (χ4n) is 1.90. The van der Waals surface area contributed by atoms with Crippen LogP contribution in [-0.4, -0.2) is 17.5 Å². The Morgan fingerprint density at radius 1 is 1.33 bits per heavy atom. The number of nitrogens with two attached hydrogens (primary N) is 1. The number of carbonyl (C=O) groups is 1. The van der Waals surface area contributed by atoms with Crippen molar-refractivity contribution in [1.29, 1.82) is 0 Å². The molecule has 6 heteroatoms. The Balaban J connectivity index is 2.01. The van der Waals surface area contributed by atoms with Gasteiger partial charge in [-0.05, 0) is 38.8 Å². The zero-order valence-electron chi connectivity index (χ0n) is 12.2. The maximum atomic E-state index is 12.1. The van der Waals surface area contributed by atoms with Gasteiger partial charge in [0.15, 0.2) is 5.13 Å². The van der Waals surface area contributed by atoms with Gasteiger partial charge >= 0.3 is 0 Å². The van der Waals surface area contributed by atoms with E-state index in [1.165, 1.54) is 11.3 Å². The number of nitrogens with zero attached hydrogens (tertiary/aromatic N) is 1. The van der Waals surface area contributed by atoms with E-state index in [9.17, 15) is 4.79 Å². The molecule has 0 fully saturated rings. The lowest BCUT2D eigenvalue weighted by Gasteiger charge is -2.01. The second-order valence-corrected chi connectivity index (χ2v) is 5.91. The Morgan fingerprint density at radius 3 is 2.71 bits per heavy atom. The molecule has 3 N–H and O–H groups in total. The number of carbonyl (C=O) groups excluding carboxylic acids is 1. The van der Waals surface area contributed by atoms with Crippen LogP contribution in [0.25, 0.3) is 0 Å². The van der Waals surface area contributed by atoms with Gasteiger partial charge in [-0.2, -0.15) is 0 Å². The lowest BCUT2D eigenvalue weighted by molar-refractivity contribution is 0.102. The Hall–Kier alpha value is -1.76. The molecule has 0 aliphatic heterocycles. The second kappa shape index (κ2) is 7.31. The summed E-state index contributed by atoms with van der Waals surface area (Å²) in [4.78, 5) is 22.2. The van der Waals surface area contributed by atoms with Gasteiger partial charge in [-0.15, -0.1) is 11.3 Å². The molecule has 2 rings (SSSR count). The fraction of sp³-hybridized carbons (Fsp3) is 0.333. The monoisotopic (exact) mass is 305 g/mol. The van der Waals surface area contributed by atoms with E-state index in [4.69, 9.17) is 5.90 Å². The number of aromatic nitrogens is 1. The summed E-state index contributed by atoms with van der Waals surface area (Å²) in [5.74, 6) is 4.87. The molecule has 0 radical (unpaired) electrons. The summed E-state index contributed by atoms with van der Waals surface area (Å²) in [5.41, 5.74) is 2.70. The van der Waals surface area contributed by atoms with Crippen LogP contribution >= 0.6 is 11.3 Å². The molecular formula is C15H19N3O2S. The Labute approximate surface area is 128 Å². The number of benzene rings is 1. The Bertz CT molecular complexity index is 608. The number of rotatable bonds is 6. The minimum atomic E-state index is -0.138. The van der Waals surface area contributed by atoms with Crippen LogP contribution in [0.15, 0.2) is 24.3 Å². The molecule has 1 heterocycles. The third-order valence-electron chi connectivity index (χ3n) is 3.09. The van der Waals surface area contributed by atoms with Crippen LogP contribution in [0.2, 0.25) is 0 Å². The van der Waals surface area contributed by atoms with Crippen molar-refractivity contribution in [3.63, 3.8) is 0 Å². The lowest BCUT2D eigenvalue weighted by atomic mass is 10.1. The van der Waals surface area contributed by atoms with Gasteiger partial charge in [0.1, 0.15) is 0 Å². The number of aryl methyl sites for hydroxylation is 3. The quantitative estimate of drug-likeness (QED) is 0.635. The maximum absolute atomic E-state index is 12.1. The number of nitrogens with one attached hydrogen (secondary N) is 1. The van der Waals surface area contributed by atoms with E-state index in [2.05, 4.69) is 15.1 Å². The highest BCUT2D eigenvalue weighted by molar-refractivity contribution is 7.15. The van der Waals surface area contributed by atoms with Gasteiger partial charge in [0.25, 0.3) is 5.91 Å². The van der Waals surface area contributed by atoms with E-state index < -0.39 is 0 Å².